The minimum atomic E-state index is -0.380. The molecule has 4 nitrogen and oxygen atoms in total. The molecule has 3 N–H and O–H groups in total. The number of rotatable bonds is 4. The third-order valence-electron chi connectivity index (χ3n) is 2.76. The van der Waals surface area contributed by atoms with Crippen LogP contribution in [0, 0.1) is 3.57 Å². The van der Waals surface area contributed by atoms with Gasteiger partial charge in [-0.05, 0) is 65.9 Å². The Morgan fingerprint density at radius 2 is 2.05 bits per heavy atom. The number of esters is 1. The van der Waals surface area contributed by atoms with Crippen LogP contribution in [0.1, 0.15) is 17.3 Å². The summed E-state index contributed by atoms with van der Waals surface area (Å²) < 4.78 is 6.02. The van der Waals surface area contributed by atoms with E-state index in [0.717, 1.165) is 9.26 Å². The van der Waals surface area contributed by atoms with Crippen LogP contribution in [0.3, 0.4) is 0 Å². The van der Waals surface area contributed by atoms with Gasteiger partial charge in [0.2, 0.25) is 0 Å². The van der Waals surface area contributed by atoms with Crippen molar-refractivity contribution < 1.29 is 9.53 Å². The lowest BCUT2D eigenvalue weighted by atomic mass is 10.1. The maximum atomic E-state index is 11.8. The topological polar surface area (TPSA) is 64.3 Å². The number of benzene rings is 2. The van der Waals surface area contributed by atoms with Gasteiger partial charge >= 0.3 is 5.97 Å². The van der Waals surface area contributed by atoms with Gasteiger partial charge in [0.1, 0.15) is 0 Å². The quantitative estimate of drug-likeness (QED) is 0.439. The molecule has 0 saturated carbocycles. The van der Waals surface area contributed by atoms with Crippen molar-refractivity contribution in [1.82, 2.24) is 0 Å². The van der Waals surface area contributed by atoms with Gasteiger partial charge in [-0.1, -0.05) is 11.6 Å². The van der Waals surface area contributed by atoms with Crippen molar-refractivity contribution in [3.05, 3.63) is 50.6 Å². The molecule has 2 aromatic carbocycles. The average molecular weight is 417 g/mol. The first-order chi connectivity index (χ1) is 10.0. The average Bonchev–Trinajstić information content (AvgIpc) is 2.44. The first-order valence-corrected chi connectivity index (χ1v) is 7.75. The van der Waals surface area contributed by atoms with Crippen LogP contribution in [0.15, 0.2) is 36.4 Å². The highest BCUT2D eigenvalue weighted by Crippen LogP contribution is 2.30. The van der Waals surface area contributed by atoms with Crippen molar-refractivity contribution in [2.75, 3.05) is 17.7 Å². The first-order valence-electron chi connectivity index (χ1n) is 6.30. The van der Waals surface area contributed by atoms with Gasteiger partial charge in [0.05, 0.1) is 34.3 Å². The highest BCUT2D eigenvalue weighted by atomic mass is 127. The Hall–Kier alpha value is -1.47. The van der Waals surface area contributed by atoms with Crippen molar-refractivity contribution in [2.24, 2.45) is 0 Å². The van der Waals surface area contributed by atoms with E-state index in [9.17, 15) is 4.79 Å². The van der Waals surface area contributed by atoms with Gasteiger partial charge in [0, 0.05) is 3.57 Å². The minimum Gasteiger partial charge on any atom is -0.462 e. The van der Waals surface area contributed by atoms with E-state index in [0.29, 0.717) is 28.6 Å². The molecule has 0 radical (unpaired) electrons. The van der Waals surface area contributed by atoms with Crippen molar-refractivity contribution in [1.29, 1.82) is 0 Å². The zero-order valence-electron chi connectivity index (χ0n) is 11.3. The smallest absolute Gasteiger partial charge is 0.338 e. The van der Waals surface area contributed by atoms with Gasteiger partial charge in [-0.3, -0.25) is 0 Å². The summed E-state index contributed by atoms with van der Waals surface area (Å²) in [6, 6.07) is 10.6. The van der Waals surface area contributed by atoms with E-state index < -0.39 is 0 Å². The molecule has 0 spiro atoms. The second-order valence-electron chi connectivity index (χ2n) is 4.27. The van der Waals surface area contributed by atoms with Crippen LogP contribution in [0.4, 0.5) is 17.1 Å². The number of nitrogen functional groups attached to an aromatic ring is 1. The number of nitrogens with two attached hydrogens (primary N) is 1. The number of hydrogen-bond donors (Lipinski definition) is 2. The molecule has 21 heavy (non-hydrogen) atoms. The van der Waals surface area contributed by atoms with Crippen LogP contribution in [0.25, 0.3) is 0 Å². The number of carbonyl (C=O) groups is 1. The molecule has 0 aliphatic carbocycles. The summed E-state index contributed by atoms with van der Waals surface area (Å²) in [5.41, 5.74) is 8.24. The number of anilines is 3. The third kappa shape index (κ3) is 4.01. The van der Waals surface area contributed by atoms with Gasteiger partial charge in [0.15, 0.2) is 0 Å². The molecule has 6 heteroatoms. The molecule has 0 bridgehead atoms. The van der Waals surface area contributed by atoms with Crippen molar-refractivity contribution in [2.45, 2.75) is 6.92 Å². The molecular formula is C15H14ClIN2O2. The lowest BCUT2D eigenvalue weighted by Crippen LogP contribution is -2.06. The summed E-state index contributed by atoms with van der Waals surface area (Å²) in [5.74, 6) is -0.380. The number of nitrogens with one attached hydrogen (secondary N) is 1. The maximum Gasteiger partial charge on any atom is 0.338 e. The predicted octanol–water partition coefficient (Wildman–Crippen LogP) is 4.45. The highest BCUT2D eigenvalue weighted by molar-refractivity contribution is 14.1. The van der Waals surface area contributed by atoms with Crippen LogP contribution in [-0.2, 0) is 4.74 Å². The molecule has 0 unspecified atom stereocenters. The Bertz CT molecular complexity index is 677. The zero-order chi connectivity index (χ0) is 15.4. The zero-order valence-corrected chi connectivity index (χ0v) is 14.2. The largest absolute Gasteiger partial charge is 0.462 e. The van der Waals surface area contributed by atoms with Crippen LogP contribution < -0.4 is 11.1 Å². The lowest BCUT2D eigenvalue weighted by Gasteiger charge is -2.12. The van der Waals surface area contributed by atoms with E-state index in [1.807, 2.05) is 18.2 Å². The molecule has 0 aliphatic heterocycles. The standard InChI is InChI=1S/C15H14ClIN2O2/c1-2-21-15(20)9-3-5-12(18)14(7-9)19-13-6-4-10(17)8-11(13)16/h3-8,19H,2,18H2,1H3. The fourth-order valence-electron chi connectivity index (χ4n) is 1.74. The van der Waals surface area contributed by atoms with E-state index >= 15 is 0 Å². The Labute approximate surface area is 141 Å². The number of ether oxygens (including phenoxy) is 1. The summed E-state index contributed by atoms with van der Waals surface area (Å²) in [4.78, 5) is 11.8. The van der Waals surface area contributed by atoms with Crippen LogP contribution in [0.5, 0.6) is 0 Å². The fraction of sp³-hybridized carbons (Fsp3) is 0.133. The molecule has 0 amide bonds. The molecule has 0 saturated heterocycles. The molecule has 2 rings (SSSR count). The number of carbonyl (C=O) groups excluding carboxylic acids is 1. The summed E-state index contributed by atoms with van der Waals surface area (Å²) in [5, 5.41) is 3.72. The van der Waals surface area contributed by atoms with E-state index in [1.165, 1.54) is 0 Å². The SMILES string of the molecule is CCOC(=O)c1ccc(N)c(Nc2ccc(I)cc2Cl)c1. The van der Waals surface area contributed by atoms with Gasteiger partial charge < -0.3 is 15.8 Å². The van der Waals surface area contributed by atoms with Crippen LogP contribution in [-0.4, -0.2) is 12.6 Å². The lowest BCUT2D eigenvalue weighted by molar-refractivity contribution is 0.0526. The summed E-state index contributed by atoms with van der Waals surface area (Å²) in [6.45, 7) is 2.09. The van der Waals surface area contributed by atoms with E-state index in [4.69, 9.17) is 22.1 Å². The van der Waals surface area contributed by atoms with Crippen molar-refractivity contribution in [3.63, 3.8) is 0 Å². The minimum absolute atomic E-state index is 0.328. The molecule has 0 fully saturated rings. The molecular weight excluding hydrogens is 403 g/mol. The highest BCUT2D eigenvalue weighted by Gasteiger charge is 2.10. The number of hydrogen-bond acceptors (Lipinski definition) is 4. The molecule has 0 atom stereocenters. The van der Waals surface area contributed by atoms with Gasteiger partial charge in [-0.25, -0.2) is 4.79 Å². The molecule has 0 heterocycles. The Morgan fingerprint density at radius 3 is 2.71 bits per heavy atom. The van der Waals surface area contributed by atoms with Crippen LogP contribution >= 0.6 is 34.2 Å². The van der Waals surface area contributed by atoms with E-state index in [2.05, 4.69) is 27.9 Å². The van der Waals surface area contributed by atoms with Gasteiger partial charge in [0.25, 0.3) is 0 Å². The van der Waals surface area contributed by atoms with Gasteiger partial charge in [-0.2, -0.15) is 0 Å². The molecule has 2 aromatic rings. The molecule has 110 valence electrons. The van der Waals surface area contributed by atoms with Crippen molar-refractivity contribution in [3.8, 4) is 0 Å². The Morgan fingerprint density at radius 1 is 1.29 bits per heavy atom. The van der Waals surface area contributed by atoms with Crippen molar-refractivity contribution >= 4 is 57.2 Å². The summed E-state index contributed by atoms with van der Waals surface area (Å²) in [7, 11) is 0. The first kappa shape index (κ1) is 15.9. The summed E-state index contributed by atoms with van der Waals surface area (Å²) in [6.07, 6.45) is 0. The molecule has 0 aromatic heterocycles. The maximum absolute atomic E-state index is 11.8. The Kier molecular flexibility index (Phi) is 5.30. The van der Waals surface area contributed by atoms with Gasteiger partial charge in [-0.15, -0.1) is 0 Å². The summed E-state index contributed by atoms with van der Waals surface area (Å²) >= 11 is 8.37. The second kappa shape index (κ2) is 7.00. The monoisotopic (exact) mass is 416 g/mol. The molecule has 0 aliphatic rings. The Balaban J connectivity index is 2.30. The normalized spacial score (nSPS) is 10.2. The van der Waals surface area contributed by atoms with E-state index in [1.54, 1.807) is 25.1 Å². The number of halogens is 2. The predicted molar refractivity (Wildman–Crippen MR) is 94.3 cm³/mol. The van der Waals surface area contributed by atoms with Crippen LogP contribution in [0.2, 0.25) is 5.02 Å². The van der Waals surface area contributed by atoms with E-state index in [-0.39, 0.29) is 5.97 Å². The third-order valence-corrected chi connectivity index (χ3v) is 3.75. The fourth-order valence-corrected chi connectivity index (χ4v) is 2.64. The second-order valence-corrected chi connectivity index (χ2v) is 5.92.